The lowest BCUT2D eigenvalue weighted by molar-refractivity contribution is 0.0546. The third-order valence-corrected chi connectivity index (χ3v) is 4.40. The molecule has 1 aromatic heterocycles. The number of nitrogens with zero attached hydrogens (tertiary/aromatic N) is 1. The number of methoxy groups -OCH3 is 2. The summed E-state index contributed by atoms with van der Waals surface area (Å²) >= 11 is 1.72. The minimum absolute atomic E-state index is 0.250. The summed E-state index contributed by atoms with van der Waals surface area (Å²) in [6, 6.07) is 11.5. The van der Waals surface area contributed by atoms with E-state index in [1.807, 2.05) is 30.3 Å². The minimum atomic E-state index is -0.566. The van der Waals surface area contributed by atoms with Crippen molar-refractivity contribution in [2.75, 3.05) is 40.5 Å². The van der Waals surface area contributed by atoms with Crippen LogP contribution < -0.4 is 9.47 Å². The van der Waals surface area contributed by atoms with Crippen LogP contribution in [0.4, 0.5) is 0 Å². The van der Waals surface area contributed by atoms with Crippen molar-refractivity contribution in [3.05, 3.63) is 46.7 Å². The standard InChI is InChI=1S/C18H25NO4S/c1-21-10-9-19(13-18-4-3-11-24-18)12-15(20)14-23-17-7-5-16(22-2)6-8-17/h3-8,11,15,20H,9-10,12-14H2,1-2H3/t15-/m0/s1. The summed E-state index contributed by atoms with van der Waals surface area (Å²) in [5, 5.41) is 12.3. The number of aliphatic hydroxyl groups is 1. The van der Waals surface area contributed by atoms with Gasteiger partial charge in [-0.3, -0.25) is 4.90 Å². The van der Waals surface area contributed by atoms with E-state index in [0.717, 1.165) is 24.6 Å². The Labute approximate surface area is 147 Å². The molecule has 0 aliphatic heterocycles. The zero-order valence-electron chi connectivity index (χ0n) is 14.2. The first kappa shape index (κ1) is 18.7. The molecule has 1 N–H and O–H groups in total. The SMILES string of the molecule is COCCN(Cc1cccs1)C[C@H](O)COc1ccc(OC)cc1. The highest BCUT2D eigenvalue weighted by molar-refractivity contribution is 7.09. The molecule has 0 fully saturated rings. The van der Waals surface area contributed by atoms with E-state index < -0.39 is 6.10 Å². The van der Waals surface area contributed by atoms with Crippen molar-refractivity contribution in [1.29, 1.82) is 0 Å². The van der Waals surface area contributed by atoms with E-state index >= 15 is 0 Å². The summed E-state index contributed by atoms with van der Waals surface area (Å²) in [6.45, 7) is 3.00. The second-order valence-corrected chi connectivity index (χ2v) is 6.48. The van der Waals surface area contributed by atoms with Gasteiger partial charge in [0.1, 0.15) is 24.2 Å². The number of rotatable bonds is 11. The molecule has 5 nitrogen and oxygen atoms in total. The summed E-state index contributed by atoms with van der Waals surface area (Å²) in [5.41, 5.74) is 0. The van der Waals surface area contributed by atoms with Gasteiger partial charge in [0.05, 0.1) is 13.7 Å². The molecular weight excluding hydrogens is 326 g/mol. The largest absolute Gasteiger partial charge is 0.497 e. The Morgan fingerprint density at radius 2 is 1.88 bits per heavy atom. The zero-order chi connectivity index (χ0) is 17.2. The molecule has 132 valence electrons. The lowest BCUT2D eigenvalue weighted by Crippen LogP contribution is -2.37. The second kappa shape index (κ2) is 10.3. The van der Waals surface area contributed by atoms with Gasteiger partial charge in [0.2, 0.25) is 0 Å². The van der Waals surface area contributed by atoms with Crippen LogP contribution in [0.1, 0.15) is 4.88 Å². The number of aliphatic hydroxyl groups excluding tert-OH is 1. The first-order valence-electron chi connectivity index (χ1n) is 7.90. The molecule has 0 radical (unpaired) electrons. The smallest absolute Gasteiger partial charge is 0.119 e. The molecule has 0 amide bonds. The maximum Gasteiger partial charge on any atom is 0.119 e. The van der Waals surface area contributed by atoms with E-state index in [9.17, 15) is 5.11 Å². The van der Waals surface area contributed by atoms with E-state index in [4.69, 9.17) is 14.2 Å². The van der Waals surface area contributed by atoms with Gasteiger partial charge in [-0.05, 0) is 35.7 Å². The van der Waals surface area contributed by atoms with Gasteiger partial charge in [-0.1, -0.05) is 6.07 Å². The molecule has 1 atom stereocenters. The Morgan fingerprint density at radius 3 is 2.50 bits per heavy atom. The molecular formula is C18H25NO4S. The van der Waals surface area contributed by atoms with Crippen LogP contribution in [0.3, 0.4) is 0 Å². The Kier molecular flexibility index (Phi) is 8.04. The molecule has 1 heterocycles. The molecule has 0 bridgehead atoms. The van der Waals surface area contributed by atoms with Gasteiger partial charge in [-0.25, -0.2) is 0 Å². The molecule has 0 aliphatic carbocycles. The highest BCUT2D eigenvalue weighted by atomic mass is 32.1. The maximum atomic E-state index is 10.3. The Morgan fingerprint density at radius 1 is 1.12 bits per heavy atom. The number of thiophene rings is 1. The third kappa shape index (κ3) is 6.49. The van der Waals surface area contributed by atoms with Crippen LogP contribution in [0.25, 0.3) is 0 Å². The average molecular weight is 351 g/mol. The molecule has 2 aromatic rings. The highest BCUT2D eigenvalue weighted by Gasteiger charge is 2.13. The van der Waals surface area contributed by atoms with Crippen molar-refractivity contribution in [2.45, 2.75) is 12.6 Å². The zero-order valence-corrected chi connectivity index (χ0v) is 15.0. The number of hydrogen-bond acceptors (Lipinski definition) is 6. The monoisotopic (exact) mass is 351 g/mol. The van der Waals surface area contributed by atoms with Gasteiger partial charge < -0.3 is 19.3 Å². The van der Waals surface area contributed by atoms with Crippen LogP contribution in [0.2, 0.25) is 0 Å². The van der Waals surface area contributed by atoms with Gasteiger partial charge in [0.15, 0.2) is 0 Å². The Hall–Kier alpha value is -1.60. The van der Waals surface area contributed by atoms with Crippen molar-refractivity contribution in [1.82, 2.24) is 4.90 Å². The van der Waals surface area contributed by atoms with Crippen molar-refractivity contribution in [3.8, 4) is 11.5 Å². The first-order chi connectivity index (χ1) is 11.7. The van der Waals surface area contributed by atoms with Crippen LogP contribution in [-0.2, 0) is 11.3 Å². The summed E-state index contributed by atoms with van der Waals surface area (Å²) in [4.78, 5) is 3.45. The summed E-state index contributed by atoms with van der Waals surface area (Å²) in [6.07, 6.45) is -0.566. The second-order valence-electron chi connectivity index (χ2n) is 5.45. The molecule has 0 saturated heterocycles. The van der Waals surface area contributed by atoms with E-state index in [1.54, 1.807) is 25.6 Å². The van der Waals surface area contributed by atoms with E-state index in [0.29, 0.717) is 13.2 Å². The fourth-order valence-corrected chi connectivity index (χ4v) is 3.04. The molecule has 0 saturated carbocycles. The predicted octanol–water partition coefficient (Wildman–Crippen LogP) is 2.65. The minimum Gasteiger partial charge on any atom is -0.497 e. The summed E-state index contributed by atoms with van der Waals surface area (Å²) in [7, 11) is 3.31. The van der Waals surface area contributed by atoms with E-state index in [2.05, 4.69) is 16.3 Å². The quantitative estimate of drug-likeness (QED) is 0.674. The maximum absolute atomic E-state index is 10.3. The number of benzene rings is 1. The normalized spacial score (nSPS) is 12.3. The lowest BCUT2D eigenvalue weighted by atomic mass is 10.3. The molecule has 0 aliphatic rings. The Balaban J connectivity index is 1.80. The predicted molar refractivity (Wildman–Crippen MR) is 96.0 cm³/mol. The molecule has 24 heavy (non-hydrogen) atoms. The average Bonchev–Trinajstić information content (AvgIpc) is 3.11. The van der Waals surface area contributed by atoms with Gasteiger partial charge in [0, 0.05) is 31.6 Å². The topological polar surface area (TPSA) is 51.2 Å². The van der Waals surface area contributed by atoms with Crippen molar-refractivity contribution < 1.29 is 19.3 Å². The molecule has 0 spiro atoms. The lowest BCUT2D eigenvalue weighted by Gasteiger charge is -2.24. The van der Waals surface area contributed by atoms with Crippen molar-refractivity contribution in [3.63, 3.8) is 0 Å². The molecule has 2 rings (SSSR count). The fraction of sp³-hybridized carbons (Fsp3) is 0.444. The molecule has 0 unspecified atom stereocenters. The van der Waals surface area contributed by atoms with Crippen LogP contribution in [0, 0.1) is 0 Å². The third-order valence-electron chi connectivity index (χ3n) is 3.54. The Bertz CT molecular complexity index is 559. The van der Waals surface area contributed by atoms with E-state index in [1.165, 1.54) is 4.88 Å². The van der Waals surface area contributed by atoms with Gasteiger partial charge in [0.25, 0.3) is 0 Å². The van der Waals surface area contributed by atoms with Gasteiger partial charge >= 0.3 is 0 Å². The van der Waals surface area contributed by atoms with Crippen molar-refractivity contribution in [2.24, 2.45) is 0 Å². The molecule has 6 heteroatoms. The van der Waals surface area contributed by atoms with E-state index in [-0.39, 0.29) is 6.61 Å². The number of hydrogen-bond donors (Lipinski definition) is 1. The molecule has 1 aromatic carbocycles. The van der Waals surface area contributed by atoms with Crippen molar-refractivity contribution >= 4 is 11.3 Å². The van der Waals surface area contributed by atoms with Crippen LogP contribution in [-0.4, -0.2) is 56.6 Å². The van der Waals surface area contributed by atoms with Gasteiger partial charge in [-0.15, -0.1) is 11.3 Å². The fourth-order valence-electron chi connectivity index (χ4n) is 2.29. The first-order valence-corrected chi connectivity index (χ1v) is 8.78. The summed E-state index contributed by atoms with van der Waals surface area (Å²) in [5.74, 6) is 1.50. The highest BCUT2D eigenvalue weighted by Crippen LogP contribution is 2.17. The summed E-state index contributed by atoms with van der Waals surface area (Å²) < 4.78 is 15.9. The van der Waals surface area contributed by atoms with Crippen LogP contribution >= 0.6 is 11.3 Å². The van der Waals surface area contributed by atoms with Gasteiger partial charge in [-0.2, -0.15) is 0 Å². The van der Waals surface area contributed by atoms with Crippen LogP contribution in [0.15, 0.2) is 41.8 Å². The number of ether oxygens (including phenoxy) is 3. The van der Waals surface area contributed by atoms with Crippen LogP contribution in [0.5, 0.6) is 11.5 Å².